The molecule has 30 heavy (non-hydrogen) atoms. The van der Waals surface area contributed by atoms with Gasteiger partial charge in [-0.15, -0.1) is 0 Å². The molecule has 0 amide bonds. The summed E-state index contributed by atoms with van der Waals surface area (Å²) in [6, 6.07) is 15.4. The molecule has 3 rings (SSSR count). The molecule has 0 aromatic heterocycles. The van der Waals surface area contributed by atoms with Gasteiger partial charge in [-0.05, 0) is 16.7 Å². The van der Waals surface area contributed by atoms with Crippen LogP contribution in [-0.4, -0.2) is 29.6 Å². The van der Waals surface area contributed by atoms with Crippen LogP contribution in [0, 0.1) is 0 Å². The number of halogens is 3. The summed E-state index contributed by atoms with van der Waals surface area (Å²) in [6.07, 6.45) is -6.41. The molecule has 9 heteroatoms. The number of benzene rings is 2. The molecule has 0 aliphatic carbocycles. The standard InChI is InChI=1S/C21H18F3NO5/c1-13(26)28-19(16-6-4-3-5-7-16)17-10-8-15(9-11-17)18-12-20(30-25-18,21(22,23)24)29-14(2)27/h3-11,19H,12H2,1-2H3. The third-order valence-corrected chi connectivity index (χ3v) is 4.38. The van der Waals surface area contributed by atoms with E-state index < -0.39 is 36.4 Å². The summed E-state index contributed by atoms with van der Waals surface area (Å²) in [6.45, 7) is 2.16. The molecule has 0 bridgehead atoms. The van der Waals surface area contributed by atoms with Crippen LogP contribution >= 0.6 is 0 Å². The topological polar surface area (TPSA) is 74.2 Å². The van der Waals surface area contributed by atoms with Gasteiger partial charge in [0.05, 0.1) is 12.1 Å². The molecule has 1 heterocycles. The zero-order valence-corrected chi connectivity index (χ0v) is 16.1. The molecule has 0 N–H and O–H groups in total. The number of hydrogen-bond donors (Lipinski definition) is 0. The molecule has 0 fully saturated rings. The number of alkyl halides is 3. The summed E-state index contributed by atoms with van der Waals surface area (Å²) in [7, 11) is 0. The van der Waals surface area contributed by atoms with Gasteiger partial charge in [-0.2, -0.15) is 13.2 Å². The normalized spacial score (nSPS) is 19.4. The Bertz CT molecular complexity index is 957. The zero-order chi connectivity index (χ0) is 21.9. The lowest BCUT2D eigenvalue weighted by Crippen LogP contribution is -2.49. The van der Waals surface area contributed by atoms with Gasteiger partial charge in [0.2, 0.25) is 0 Å². The highest BCUT2D eigenvalue weighted by Crippen LogP contribution is 2.42. The molecule has 2 unspecified atom stereocenters. The first kappa shape index (κ1) is 21.4. The maximum absolute atomic E-state index is 13.4. The van der Waals surface area contributed by atoms with Crippen LogP contribution < -0.4 is 0 Å². The van der Waals surface area contributed by atoms with Gasteiger partial charge in [0, 0.05) is 13.8 Å². The Hall–Kier alpha value is -3.36. The molecule has 6 nitrogen and oxygen atoms in total. The summed E-state index contributed by atoms with van der Waals surface area (Å²) < 4.78 is 50.1. The van der Waals surface area contributed by atoms with Gasteiger partial charge < -0.3 is 14.3 Å². The van der Waals surface area contributed by atoms with Crippen LogP contribution in [0.1, 0.15) is 43.1 Å². The van der Waals surface area contributed by atoms with E-state index in [1.807, 2.05) is 6.07 Å². The maximum atomic E-state index is 13.4. The number of esters is 2. The Balaban J connectivity index is 1.85. The Morgan fingerprint density at radius 2 is 1.60 bits per heavy atom. The molecule has 2 atom stereocenters. The van der Waals surface area contributed by atoms with Crippen molar-refractivity contribution in [3.63, 3.8) is 0 Å². The molecule has 1 aliphatic heterocycles. The number of carbonyl (C=O) groups is 2. The summed E-state index contributed by atoms with van der Waals surface area (Å²) in [5.74, 6) is -4.75. The first-order valence-corrected chi connectivity index (χ1v) is 8.95. The molecule has 0 saturated heterocycles. The van der Waals surface area contributed by atoms with Gasteiger partial charge in [-0.3, -0.25) is 9.59 Å². The minimum Gasteiger partial charge on any atom is -0.453 e. The molecular weight excluding hydrogens is 403 g/mol. The average molecular weight is 421 g/mol. The van der Waals surface area contributed by atoms with Crippen molar-refractivity contribution in [3.05, 3.63) is 71.3 Å². The highest BCUT2D eigenvalue weighted by Gasteiger charge is 2.64. The third-order valence-electron chi connectivity index (χ3n) is 4.38. The molecule has 2 aromatic carbocycles. The van der Waals surface area contributed by atoms with E-state index >= 15 is 0 Å². The van der Waals surface area contributed by atoms with E-state index in [1.165, 1.54) is 19.1 Å². The smallest absolute Gasteiger partial charge is 0.453 e. The summed E-state index contributed by atoms with van der Waals surface area (Å²) in [5.41, 5.74) is 1.70. The molecule has 1 aliphatic rings. The Labute approximate surface area is 170 Å². The van der Waals surface area contributed by atoms with Gasteiger partial charge in [0.15, 0.2) is 6.10 Å². The van der Waals surface area contributed by atoms with Crippen molar-refractivity contribution in [2.24, 2.45) is 5.16 Å². The first-order valence-electron chi connectivity index (χ1n) is 8.95. The number of nitrogens with zero attached hydrogens (tertiary/aromatic N) is 1. The second-order valence-corrected chi connectivity index (χ2v) is 6.67. The van der Waals surface area contributed by atoms with Gasteiger partial charge in [0.25, 0.3) is 0 Å². The lowest BCUT2D eigenvalue weighted by atomic mass is 9.97. The second-order valence-electron chi connectivity index (χ2n) is 6.67. The van der Waals surface area contributed by atoms with Gasteiger partial charge in [-0.1, -0.05) is 59.8 Å². The van der Waals surface area contributed by atoms with Gasteiger partial charge >= 0.3 is 23.9 Å². The molecular formula is C21H18F3NO5. The number of rotatable bonds is 5. The number of carbonyl (C=O) groups excluding carboxylic acids is 2. The van der Waals surface area contributed by atoms with Crippen LogP contribution in [-0.2, 0) is 23.9 Å². The van der Waals surface area contributed by atoms with E-state index in [9.17, 15) is 22.8 Å². The summed E-state index contributed by atoms with van der Waals surface area (Å²) in [4.78, 5) is 27.2. The Morgan fingerprint density at radius 3 is 2.13 bits per heavy atom. The van der Waals surface area contributed by atoms with E-state index in [1.54, 1.807) is 36.4 Å². The maximum Gasteiger partial charge on any atom is 0.470 e. The predicted octanol–water partition coefficient (Wildman–Crippen LogP) is 4.29. The van der Waals surface area contributed by atoms with Crippen LogP contribution in [0.4, 0.5) is 13.2 Å². The van der Waals surface area contributed by atoms with Crippen LogP contribution in [0.2, 0.25) is 0 Å². The number of ether oxygens (including phenoxy) is 2. The Kier molecular flexibility index (Phi) is 5.82. The van der Waals surface area contributed by atoms with Crippen molar-refractivity contribution in [2.45, 2.75) is 38.3 Å². The number of oxime groups is 1. The SMILES string of the molecule is CC(=O)OC(c1ccccc1)c1ccc(C2=NOC(OC(C)=O)(C(F)(F)F)C2)cc1. The second kappa shape index (κ2) is 8.17. The van der Waals surface area contributed by atoms with E-state index in [2.05, 4.69) is 14.7 Å². The molecule has 2 aromatic rings. The van der Waals surface area contributed by atoms with Crippen molar-refractivity contribution < 1.29 is 37.1 Å². The summed E-state index contributed by atoms with van der Waals surface area (Å²) in [5, 5.41) is 3.49. The highest BCUT2D eigenvalue weighted by atomic mass is 19.4. The largest absolute Gasteiger partial charge is 0.470 e. The van der Waals surface area contributed by atoms with Gasteiger partial charge in [-0.25, -0.2) is 0 Å². The molecule has 158 valence electrons. The van der Waals surface area contributed by atoms with E-state index in [0.717, 1.165) is 12.5 Å². The lowest BCUT2D eigenvalue weighted by Gasteiger charge is -2.27. The fourth-order valence-corrected chi connectivity index (χ4v) is 3.04. The highest BCUT2D eigenvalue weighted by molar-refractivity contribution is 6.01. The van der Waals surface area contributed by atoms with Crippen molar-refractivity contribution in [2.75, 3.05) is 0 Å². The van der Waals surface area contributed by atoms with Crippen LogP contribution in [0.5, 0.6) is 0 Å². The zero-order valence-electron chi connectivity index (χ0n) is 16.1. The summed E-state index contributed by atoms with van der Waals surface area (Å²) >= 11 is 0. The molecule has 0 spiro atoms. The van der Waals surface area contributed by atoms with Crippen molar-refractivity contribution >= 4 is 17.7 Å². The molecule has 0 radical (unpaired) electrons. The van der Waals surface area contributed by atoms with E-state index in [0.29, 0.717) is 11.1 Å². The molecule has 0 saturated carbocycles. The minimum atomic E-state index is -4.96. The third kappa shape index (κ3) is 4.45. The van der Waals surface area contributed by atoms with Crippen LogP contribution in [0.3, 0.4) is 0 Å². The van der Waals surface area contributed by atoms with Crippen molar-refractivity contribution in [1.82, 2.24) is 0 Å². The quantitative estimate of drug-likeness (QED) is 0.674. The van der Waals surface area contributed by atoms with Gasteiger partial charge in [0.1, 0.15) is 0 Å². The van der Waals surface area contributed by atoms with Crippen molar-refractivity contribution in [1.29, 1.82) is 0 Å². The fourth-order valence-electron chi connectivity index (χ4n) is 3.04. The average Bonchev–Trinajstić information content (AvgIpc) is 3.11. The fraction of sp³-hybridized carbons (Fsp3) is 0.286. The number of hydrogen-bond acceptors (Lipinski definition) is 6. The van der Waals surface area contributed by atoms with E-state index in [-0.39, 0.29) is 5.71 Å². The Morgan fingerprint density at radius 1 is 1.00 bits per heavy atom. The van der Waals surface area contributed by atoms with Crippen LogP contribution in [0.25, 0.3) is 0 Å². The first-order chi connectivity index (χ1) is 14.1. The van der Waals surface area contributed by atoms with Crippen molar-refractivity contribution in [3.8, 4) is 0 Å². The lowest BCUT2D eigenvalue weighted by molar-refractivity contribution is -0.357. The van der Waals surface area contributed by atoms with Crippen LogP contribution in [0.15, 0.2) is 59.8 Å². The van der Waals surface area contributed by atoms with E-state index in [4.69, 9.17) is 4.74 Å². The predicted molar refractivity (Wildman–Crippen MR) is 99.3 cm³/mol. The minimum absolute atomic E-state index is 0.0242. The monoisotopic (exact) mass is 421 g/mol.